The predicted octanol–water partition coefficient (Wildman–Crippen LogP) is 5.81. The number of aromatic carboxylic acids is 1. The zero-order valence-corrected chi connectivity index (χ0v) is 17.1. The molecule has 3 aromatic rings. The highest BCUT2D eigenvalue weighted by molar-refractivity contribution is 6.33. The Morgan fingerprint density at radius 3 is 2.53 bits per heavy atom. The molecule has 0 saturated heterocycles. The number of nitrogens with zero attached hydrogens (tertiary/aromatic N) is 1. The Kier molecular flexibility index (Phi) is 6.26. The molecule has 6 nitrogen and oxygen atoms in total. The first-order valence-electron chi connectivity index (χ1n) is 8.61. The molecule has 0 fully saturated rings. The molecule has 150 valence electrons. The summed E-state index contributed by atoms with van der Waals surface area (Å²) in [4.78, 5) is 23.5. The van der Waals surface area contributed by atoms with Crippen LogP contribution in [0, 0.1) is 18.3 Å². The molecule has 0 aliphatic carbocycles. The summed E-state index contributed by atoms with van der Waals surface area (Å²) in [7, 11) is 0. The minimum absolute atomic E-state index is 0.0203. The first-order chi connectivity index (χ1) is 14.3. The third-order valence-electron chi connectivity index (χ3n) is 4.20. The van der Waals surface area contributed by atoms with Gasteiger partial charge >= 0.3 is 5.97 Å². The molecule has 0 radical (unpaired) electrons. The third-order valence-corrected chi connectivity index (χ3v) is 4.75. The fraction of sp³-hybridized carbons (Fsp3) is 0.0455. The lowest BCUT2D eigenvalue weighted by Crippen LogP contribution is -2.14. The maximum absolute atomic E-state index is 12.5. The topological polar surface area (TPSA) is 103 Å². The molecule has 30 heavy (non-hydrogen) atoms. The van der Waals surface area contributed by atoms with Crippen molar-refractivity contribution < 1.29 is 19.1 Å². The van der Waals surface area contributed by atoms with Crippen LogP contribution >= 0.6 is 23.2 Å². The van der Waals surface area contributed by atoms with Crippen molar-refractivity contribution >= 4 is 46.8 Å². The summed E-state index contributed by atoms with van der Waals surface area (Å²) in [5, 5.41) is 21.7. The van der Waals surface area contributed by atoms with Crippen molar-refractivity contribution in [3.05, 3.63) is 81.0 Å². The Morgan fingerprint density at radius 1 is 1.13 bits per heavy atom. The van der Waals surface area contributed by atoms with Crippen molar-refractivity contribution in [2.24, 2.45) is 0 Å². The molecule has 0 atom stereocenters. The highest BCUT2D eigenvalue weighted by Gasteiger charge is 2.14. The van der Waals surface area contributed by atoms with Gasteiger partial charge in [-0.05, 0) is 55.0 Å². The van der Waals surface area contributed by atoms with E-state index in [1.54, 1.807) is 43.3 Å². The molecule has 0 bridgehead atoms. The molecule has 1 aromatic heterocycles. The smallest absolute Gasteiger partial charge is 0.337 e. The number of rotatable bonds is 5. The molecule has 0 aliphatic rings. The van der Waals surface area contributed by atoms with Crippen molar-refractivity contribution in [3.63, 3.8) is 0 Å². The summed E-state index contributed by atoms with van der Waals surface area (Å²) >= 11 is 11.9. The Hall–Kier alpha value is -3.53. The van der Waals surface area contributed by atoms with Crippen LogP contribution in [0.15, 0.2) is 58.5 Å². The molecule has 8 heteroatoms. The second-order valence-corrected chi connectivity index (χ2v) is 7.13. The molecular formula is C22H14Cl2N2O4. The number of carbonyl (C=O) groups is 2. The minimum Gasteiger partial charge on any atom is -0.478 e. The zero-order chi connectivity index (χ0) is 21.8. The van der Waals surface area contributed by atoms with Crippen molar-refractivity contribution in [2.75, 3.05) is 5.32 Å². The van der Waals surface area contributed by atoms with Crippen LogP contribution in [0.2, 0.25) is 10.0 Å². The highest BCUT2D eigenvalue weighted by atomic mass is 35.5. The number of hydrogen-bond acceptors (Lipinski definition) is 4. The van der Waals surface area contributed by atoms with E-state index in [2.05, 4.69) is 5.32 Å². The van der Waals surface area contributed by atoms with Gasteiger partial charge in [0.05, 0.1) is 10.6 Å². The summed E-state index contributed by atoms with van der Waals surface area (Å²) in [6.45, 7) is 1.79. The molecule has 0 aliphatic heterocycles. The maximum atomic E-state index is 12.5. The van der Waals surface area contributed by atoms with Gasteiger partial charge in [-0.25, -0.2) is 4.79 Å². The van der Waals surface area contributed by atoms with Gasteiger partial charge in [-0.3, -0.25) is 4.79 Å². The van der Waals surface area contributed by atoms with E-state index in [1.807, 2.05) is 6.07 Å². The van der Waals surface area contributed by atoms with E-state index in [-0.39, 0.29) is 21.9 Å². The average Bonchev–Trinajstić information content (AvgIpc) is 3.16. The van der Waals surface area contributed by atoms with E-state index in [0.717, 1.165) is 5.56 Å². The fourth-order valence-electron chi connectivity index (χ4n) is 2.68. The maximum Gasteiger partial charge on any atom is 0.337 e. The lowest BCUT2D eigenvalue weighted by Gasteiger charge is -2.07. The number of benzene rings is 2. The number of hydrogen-bond donors (Lipinski definition) is 2. The van der Waals surface area contributed by atoms with Gasteiger partial charge in [-0.15, -0.1) is 0 Å². The summed E-state index contributed by atoms with van der Waals surface area (Å²) in [5.74, 6) is -1.03. The second kappa shape index (κ2) is 8.87. The van der Waals surface area contributed by atoms with Crippen LogP contribution in [0.3, 0.4) is 0 Å². The van der Waals surface area contributed by atoms with Crippen molar-refractivity contribution in [3.8, 4) is 17.4 Å². The van der Waals surface area contributed by atoms with Gasteiger partial charge in [0, 0.05) is 22.3 Å². The number of nitriles is 1. The van der Waals surface area contributed by atoms with Gasteiger partial charge in [0.15, 0.2) is 0 Å². The highest BCUT2D eigenvalue weighted by Crippen LogP contribution is 2.28. The summed E-state index contributed by atoms with van der Waals surface area (Å²) in [5.41, 5.74) is 1.69. The van der Waals surface area contributed by atoms with E-state index in [1.165, 1.54) is 18.2 Å². The Morgan fingerprint density at radius 2 is 1.90 bits per heavy atom. The summed E-state index contributed by atoms with van der Waals surface area (Å²) in [6.07, 6.45) is 1.32. The first kappa shape index (κ1) is 21.2. The van der Waals surface area contributed by atoms with E-state index in [0.29, 0.717) is 22.0 Å². The van der Waals surface area contributed by atoms with Crippen LogP contribution in [0.4, 0.5) is 5.69 Å². The lowest BCUT2D eigenvalue weighted by atomic mass is 10.1. The molecule has 0 saturated carbocycles. The van der Waals surface area contributed by atoms with Gasteiger partial charge in [0.2, 0.25) is 0 Å². The van der Waals surface area contributed by atoms with Crippen molar-refractivity contribution in [1.29, 1.82) is 5.26 Å². The molecule has 2 aromatic carbocycles. The SMILES string of the molecule is Cc1cc(Cl)ccc1NC(=O)/C(C#N)=C/c1ccc(-c2ccc(C(=O)O)c(Cl)c2)o1. The molecular weight excluding hydrogens is 427 g/mol. The minimum atomic E-state index is -1.13. The summed E-state index contributed by atoms with van der Waals surface area (Å²) < 4.78 is 5.67. The number of nitrogens with one attached hydrogen (secondary N) is 1. The van der Waals surface area contributed by atoms with Crippen LogP contribution in [-0.2, 0) is 4.79 Å². The van der Waals surface area contributed by atoms with E-state index < -0.39 is 11.9 Å². The number of carboxylic acid groups (broad SMARTS) is 1. The molecule has 0 unspecified atom stereocenters. The Labute approximate surface area is 182 Å². The molecule has 2 N–H and O–H groups in total. The van der Waals surface area contributed by atoms with Gasteiger partial charge < -0.3 is 14.8 Å². The molecule has 3 rings (SSSR count). The summed E-state index contributed by atoms with van der Waals surface area (Å²) in [6, 6.07) is 14.5. The average molecular weight is 441 g/mol. The van der Waals surface area contributed by atoms with Crippen LogP contribution in [0.5, 0.6) is 0 Å². The monoisotopic (exact) mass is 440 g/mol. The zero-order valence-electron chi connectivity index (χ0n) is 15.6. The number of carboxylic acids is 1. The largest absolute Gasteiger partial charge is 0.478 e. The van der Waals surface area contributed by atoms with Crippen LogP contribution in [-0.4, -0.2) is 17.0 Å². The predicted molar refractivity (Wildman–Crippen MR) is 115 cm³/mol. The van der Waals surface area contributed by atoms with Crippen LogP contribution < -0.4 is 5.32 Å². The van der Waals surface area contributed by atoms with Crippen LogP contribution in [0.25, 0.3) is 17.4 Å². The lowest BCUT2D eigenvalue weighted by molar-refractivity contribution is -0.112. The number of aryl methyl sites for hydroxylation is 1. The second-order valence-electron chi connectivity index (χ2n) is 6.28. The third kappa shape index (κ3) is 4.71. The number of halogens is 2. The van der Waals surface area contributed by atoms with Gasteiger partial charge in [-0.1, -0.05) is 29.3 Å². The number of furan rings is 1. The number of carbonyl (C=O) groups excluding carboxylic acids is 1. The number of amides is 1. The van der Waals surface area contributed by atoms with Gasteiger partial charge in [0.1, 0.15) is 23.2 Å². The van der Waals surface area contributed by atoms with Gasteiger partial charge in [0.25, 0.3) is 5.91 Å². The fourth-order valence-corrected chi connectivity index (χ4v) is 3.16. The number of anilines is 1. The first-order valence-corrected chi connectivity index (χ1v) is 9.36. The van der Waals surface area contributed by atoms with Crippen LogP contribution in [0.1, 0.15) is 21.7 Å². The van der Waals surface area contributed by atoms with E-state index in [9.17, 15) is 14.9 Å². The van der Waals surface area contributed by atoms with Crippen molar-refractivity contribution in [1.82, 2.24) is 0 Å². The quantitative estimate of drug-likeness (QED) is 0.385. The van der Waals surface area contributed by atoms with E-state index in [4.69, 9.17) is 32.7 Å². The Bertz CT molecular complexity index is 1220. The van der Waals surface area contributed by atoms with E-state index >= 15 is 0 Å². The molecule has 1 amide bonds. The molecule has 1 heterocycles. The normalized spacial score (nSPS) is 11.1. The van der Waals surface area contributed by atoms with Crippen molar-refractivity contribution in [2.45, 2.75) is 6.92 Å². The Balaban J connectivity index is 1.83. The van der Waals surface area contributed by atoms with Gasteiger partial charge in [-0.2, -0.15) is 5.26 Å². The molecule has 0 spiro atoms. The standard InChI is InChI=1S/C22H14Cl2N2O4/c1-12-8-15(23)3-6-19(12)26-21(27)14(11-25)9-16-4-7-20(30-16)13-2-5-17(22(28)29)18(24)10-13/h2-10H,1H3,(H,26,27)(H,28,29)/b14-9+.